The van der Waals surface area contributed by atoms with Gasteiger partial charge < -0.3 is 15.4 Å². The van der Waals surface area contributed by atoms with Crippen LogP contribution in [0.4, 0.5) is 5.69 Å². The molecular formula is C23H29N3O3. The first-order valence-corrected chi connectivity index (χ1v) is 10.1. The largest absolute Gasteiger partial charge is 0.496 e. The van der Waals surface area contributed by atoms with Crippen LogP contribution in [0.3, 0.4) is 0 Å². The van der Waals surface area contributed by atoms with Gasteiger partial charge in [0.05, 0.1) is 25.6 Å². The molecule has 0 saturated carbocycles. The van der Waals surface area contributed by atoms with Gasteiger partial charge in [-0.1, -0.05) is 36.4 Å². The molecule has 1 aliphatic heterocycles. The molecule has 0 unspecified atom stereocenters. The maximum Gasteiger partial charge on any atom is 0.234 e. The van der Waals surface area contributed by atoms with E-state index in [1.54, 1.807) is 7.11 Å². The molecule has 0 radical (unpaired) electrons. The topological polar surface area (TPSA) is 70.7 Å². The van der Waals surface area contributed by atoms with Crippen LogP contribution in [-0.2, 0) is 9.59 Å². The molecule has 1 heterocycles. The molecule has 154 valence electrons. The van der Waals surface area contributed by atoms with Gasteiger partial charge in [-0.3, -0.25) is 14.5 Å². The molecule has 6 heteroatoms. The number of para-hydroxylation sites is 2. The average Bonchev–Trinajstić information content (AvgIpc) is 2.74. The van der Waals surface area contributed by atoms with Crippen LogP contribution in [0.25, 0.3) is 0 Å². The summed E-state index contributed by atoms with van der Waals surface area (Å²) in [5.74, 6) is 0.621. The number of anilines is 1. The molecule has 2 N–H and O–H groups in total. The number of methoxy groups -OCH3 is 1. The van der Waals surface area contributed by atoms with Gasteiger partial charge in [0.25, 0.3) is 0 Å². The molecule has 1 saturated heterocycles. The fourth-order valence-electron chi connectivity index (χ4n) is 3.77. The van der Waals surface area contributed by atoms with E-state index in [0.717, 1.165) is 36.4 Å². The zero-order valence-corrected chi connectivity index (χ0v) is 17.1. The SMILES string of the molecule is COc1ccccc1[C@H](C)NC(=O)CN1CCC[C@@H](C(=O)Nc2ccccc2)C1. The lowest BCUT2D eigenvalue weighted by molar-refractivity contribution is -0.126. The molecule has 3 rings (SSSR count). The Hall–Kier alpha value is -2.86. The van der Waals surface area contributed by atoms with E-state index in [1.807, 2.05) is 61.5 Å². The van der Waals surface area contributed by atoms with Gasteiger partial charge in [-0.25, -0.2) is 0 Å². The van der Waals surface area contributed by atoms with E-state index in [-0.39, 0.29) is 30.3 Å². The second-order valence-corrected chi connectivity index (χ2v) is 7.46. The Balaban J connectivity index is 1.52. The Kier molecular flexibility index (Phi) is 7.25. The highest BCUT2D eigenvalue weighted by Gasteiger charge is 2.27. The Bertz CT molecular complexity index is 825. The highest BCUT2D eigenvalue weighted by Crippen LogP contribution is 2.24. The van der Waals surface area contributed by atoms with Crippen molar-refractivity contribution in [3.8, 4) is 5.75 Å². The summed E-state index contributed by atoms with van der Waals surface area (Å²) in [4.78, 5) is 27.2. The predicted octanol–water partition coefficient (Wildman–Crippen LogP) is 3.22. The number of rotatable bonds is 7. The van der Waals surface area contributed by atoms with Gasteiger partial charge in [-0.05, 0) is 44.5 Å². The van der Waals surface area contributed by atoms with Gasteiger partial charge in [0, 0.05) is 17.8 Å². The van der Waals surface area contributed by atoms with Gasteiger partial charge in [-0.2, -0.15) is 0 Å². The summed E-state index contributed by atoms with van der Waals surface area (Å²) in [6, 6.07) is 17.0. The number of likely N-dealkylation sites (tertiary alicyclic amines) is 1. The second-order valence-electron chi connectivity index (χ2n) is 7.46. The van der Waals surface area contributed by atoms with E-state index in [4.69, 9.17) is 4.74 Å². The summed E-state index contributed by atoms with van der Waals surface area (Å²) in [6.07, 6.45) is 1.75. The van der Waals surface area contributed by atoms with Crippen LogP contribution in [-0.4, -0.2) is 43.5 Å². The number of nitrogens with one attached hydrogen (secondary N) is 2. The van der Waals surface area contributed by atoms with Crippen molar-refractivity contribution in [2.45, 2.75) is 25.8 Å². The number of nitrogens with zero attached hydrogens (tertiary/aromatic N) is 1. The van der Waals surface area contributed by atoms with Gasteiger partial charge in [-0.15, -0.1) is 0 Å². The normalized spacial score (nSPS) is 17.9. The van der Waals surface area contributed by atoms with Crippen molar-refractivity contribution in [1.82, 2.24) is 10.2 Å². The molecule has 1 aliphatic rings. The molecule has 29 heavy (non-hydrogen) atoms. The summed E-state index contributed by atoms with van der Waals surface area (Å²) < 4.78 is 5.38. The number of carbonyl (C=O) groups excluding carboxylic acids is 2. The number of carbonyl (C=O) groups is 2. The van der Waals surface area contributed by atoms with Gasteiger partial charge in [0.2, 0.25) is 11.8 Å². The van der Waals surface area contributed by atoms with E-state index < -0.39 is 0 Å². The van der Waals surface area contributed by atoms with Gasteiger partial charge in [0.15, 0.2) is 0 Å². The quantitative estimate of drug-likeness (QED) is 0.755. The molecule has 0 spiro atoms. The lowest BCUT2D eigenvalue weighted by Gasteiger charge is -2.31. The Labute approximate surface area is 172 Å². The van der Waals surface area contributed by atoms with Crippen molar-refractivity contribution < 1.29 is 14.3 Å². The minimum Gasteiger partial charge on any atom is -0.496 e. The van der Waals surface area contributed by atoms with Crippen molar-refractivity contribution in [1.29, 1.82) is 0 Å². The molecular weight excluding hydrogens is 366 g/mol. The molecule has 2 amide bonds. The second kappa shape index (κ2) is 10.1. The average molecular weight is 396 g/mol. The first kappa shape index (κ1) is 20.9. The molecule has 1 fully saturated rings. The van der Waals surface area contributed by atoms with Crippen LogP contribution in [0.1, 0.15) is 31.4 Å². The minimum atomic E-state index is -0.152. The minimum absolute atomic E-state index is 0.0173. The van der Waals surface area contributed by atoms with Crippen molar-refractivity contribution in [3.63, 3.8) is 0 Å². The molecule has 6 nitrogen and oxygen atoms in total. The van der Waals surface area contributed by atoms with Crippen molar-refractivity contribution in [2.24, 2.45) is 5.92 Å². The van der Waals surface area contributed by atoms with E-state index >= 15 is 0 Å². The van der Waals surface area contributed by atoms with Gasteiger partial charge >= 0.3 is 0 Å². The van der Waals surface area contributed by atoms with Crippen LogP contribution in [0.5, 0.6) is 5.75 Å². The highest BCUT2D eigenvalue weighted by molar-refractivity contribution is 5.92. The standard InChI is InChI=1S/C23H29N3O3/c1-17(20-12-6-7-13-21(20)29-2)24-22(27)16-26-14-8-9-18(15-26)23(28)25-19-10-4-3-5-11-19/h3-7,10-13,17-18H,8-9,14-16H2,1-2H3,(H,24,27)(H,25,28)/t17-,18+/m0/s1. The molecule has 2 atom stereocenters. The summed E-state index contributed by atoms with van der Waals surface area (Å²) in [5, 5.41) is 6.01. The highest BCUT2D eigenvalue weighted by atomic mass is 16.5. The van der Waals surface area contributed by atoms with Crippen LogP contribution < -0.4 is 15.4 Å². The summed E-state index contributed by atoms with van der Waals surface area (Å²) in [5.41, 5.74) is 1.75. The first-order valence-electron chi connectivity index (χ1n) is 10.1. The lowest BCUT2D eigenvalue weighted by Crippen LogP contribution is -2.45. The molecule has 0 bridgehead atoms. The first-order chi connectivity index (χ1) is 14.1. The third-order valence-corrected chi connectivity index (χ3v) is 5.27. The van der Waals surface area contributed by atoms with Crippen LogP contribution >= 0.6 is 0 Å². The fourth-order valence-corrected chi connectivity index (χ4v) is 3.77. The number of benzene rings is 2. The van der Waals surface area contributed by atoms with Gasteiger partial charge in [0.1, 0.15) is 5.75 Å². The smallest absolute Gasteiger partial charge is 0.234 e. The predicted molar refractivity (Wildman–Crippen MR) is 114 cm³/mol. The van der Waals surface area contributed by atoms with Crippen LogP contribution in [0, 0.1) is 5.92 Å². The number of hydrogen-bond acceptors (Lipinski definition) is 4. The third-order valence-electron chi connectivity index (χ3n) is 5.27. The lowest BCUT2D eigenvalue weighted by atomic mass is 9.97. The van der Waals surface area contributed by atoms with E-state index in [0.29, 0.717) is 6.54 Å². The Morgan fingerprint density at radius 1 is 1.14 bits per heavy atom. The van der Waals surface area contributed by atoms with Crippen molar-refractivity contribution >= 4 is 17.5 Å². The van der Waals surface area contributed by atoms with E-state index in [9.17, 15) is 9.59 Å². The summed E-state index contributed by atoms with van der Waals surface area (Å²) in [7, 11) is 1.63. The molecule has 0 aliphatic carbocycles. The number of piperidine rings is 1. The zero-order valence-electron chi connectivity index (χ0n) is 17.1. The maximum absolute atomic E-state index is 12.6. The monoisotopic (exact) mass is 395 g/mol. The van der Waals surface area contributed by atoms with E-state index in [2.05, 4.69) is 15.5 Å². The van der Waals surface area contributed by atoms with Crippen LogP contribution in [0.2, 0.25) is 0 Å². The molecule has 0 aromatic heterocycles. The Morgan fingerprint density at radius 3 is 2.62 bits per heavy atom. The third kappa shape index (κ3) is 5.81. The number of amides is 2. The number of hydrogen-bond donors (Lipinski definition) is 2. The Morgan fingerprint density at radius 2 is 1.86 bits per heavy atom. The summed E-state index contributed by atoms with van der Waals surface area (Å²) >= 11 is 0. The van der Waals surface area contributed by atoms with Crippen LogP contribution in [0.15, 0.2) is 54.6 Å². The van der Waals surface area contributed by atoms with E-state index in [1.165, 1.54) is 0 Å². The van der Waals surface area contributed by atoms with Crippen molar-refractivity contribution in [3.05, 3.63) is 60.2 Å². The zero-order chi connectivity index (χ0) is 20.6. The summed E-state index contributed by atoms with van der Waals surface area (Å²) in [6.45, 7) is 3.65. The molecule has 2 aromatic carbocycles. The fraction of sp³-hybridized carbons (Fsp3) is 0.391. The maximum atomic E-state index is 12.6. The molecule has 2 aromatic rings. The van der Waals surface area contributed by atoms with Crippen molar-refractivity contribution in [2.75, 3.05) is 32.1 Å². The number of ether oxygens (including phenoxy) is 1.